The summed E-state index contributed by atoms with van der Waals surface area (Å²) < 4.78 is 2.04. The highest BCUT2D eigenvalue weighted by molar-refractivity contribution is 6.30. The Morgan fingerprint density at radius 3 is 2.41 bits per heavy atom. The highest BCUT2D eigenvalue weighted by Crippen LogP contribution is 2.22. The standard InChI is InChI=1S/C17H22ClN3O/c1-11-9-15(16(22)20-17(3,4)10-19)12(2)21(11)14-7-5-13(18)6-8-14/h5-9H,10,19H2,1-4H3,(H,20,22). The van der Waals surface area contributed by atoms with Crippen LogP contribution in [0, 0.1) is 13.8 Å². The zero-order chi connectivity index (χ0) is 16.5. The molecule has 0 aliphatic rings. The fourth-order valence-corrected chi connectivity index (χ4v) is 2.53. The summed E-state index contributed by atoms with van der Waals surface area (Å²) in [5, 5.41) is 3.65. The van der Waals surface area contributed by atoms with Crippen molar-refractivity contribution in [1.82, 2.24) is 9.88 Å². The first-order valence-electron chi connectivity index (χ1n) is 7.22. The van der Waals surface area contributed by atoms with Gasteiger partial charge in [-0.1, -0.05) is 11.6 Å². The van der Waals surface area contributed by atoms with Crippen molar-refractivity contribution < 1.29 is 4.79 Å². The molecule has 0 unspecified atom stereocenters. The summed E-state index contributed by atoms with van der Waals surface area (Å²) in [6.07, 6.45) is 0. The summed E-state index contributed by atoms with van der Waals surface area (Å²) in [6.45, 7) is 8.11. The lowest BCUT2D eigenvalue weighted by Gasteiger charge is -2.24. The van der Waals surface area contributed by atoms with Crippen molar-refractivity contribution in [1.29, 1.82) is 0 Å². The van der Waals surface area contributed by atoms with Gasteiger partial charge in [-0.15, -0.1) is 0 Å². The summed E-state index contributed by atoms with van der Waals surface area (Å²) in [7, 11) is 0. The number of amides is 1. The average molecular weight is 320 g/mol. The molecule has 4 nitrogen and oxygen atoms in total. The number of rotatable bonds is 4. The number of hydrogen-bond donors (Lipinski definition) is 2. The van der Waals surface area contributed by atoms with Crippen LogP contribution in [0.4, 0.5) is 0 Å². The molecule has 0 bridgehead atoms. The minimum absolute atomic E-state index is 0.108. The predicted molar refractivity (Wildman–Crippen MR) is 90.9 cm³/mol. The SMILES string of the molecule is Cc1cc(C(=O)NC(C)(C)CN)c(C)n1-c1ccc(Cl)cc1. The molecule has 0 fully saturated rings. The average Bonchev–Trinajstić information content (AvgIpc) is 2.75. The van der Waals surface area contributed by atoms with E-state index in [0.29, 0.717) is 17.1 Å². The lowest BCUT2D eigenvalue weighted by molar-refractivity contribution is 0.0915. The van der Waals surface area contributed by atoms with Crippen LogP contribution in [0.15, 0.2) is 30.3 Å². The van der Waals surface area contributed by atoms with E-state index >= 15 is 0 Å². The second-order valence-electron chi connectivity index (χ2n) is 6.14. The van der Waals surface area contributed by atoms with Gasteiger partial charge in [-0.25, -0.2) is 0 Å². The van der Waals surface area contributed by atoms with E-state index in [1.165, 1.54) is 0 Å². The molecule has 0 saturated carbocycles. The summed E-state index contributed by atoms with van der Waals surface area (Å²) >= 11 is 5.94. The summed E-state index contributed by atoms with van der Waals surface area (Å²) in [6, 6.07) is 9.45. The van der Waals surface area contributed by atoms with Crippen LogP contribution in [0.1, 0.15) is 35.6 Å². The lowest BCUT2D eigenvalue weighted by atomic mass is 10.1. The minimum atomic E-state index is -0.431. The second-order valence-corrected chi connectivity index (χ2v) is 6.58. The lowest BCUT2D eigenvalue weighted by Crippen LogP contribution is -2.48. The number of aromatic nitrogens is 1. The summed E-state index contributed by atoms with van der Waals surface area (Å²) in [5.41, 5.74) is 8.78. The van der Waals surface area contributed by atoms with Gasteiger partial charge < -0.3 is 15.6 Å². The third-order valence-electron chi connectivity index (χ3n) is 3.72. The van der Waals surface area contributed by atoms with Crippen molar-refractivity contribution >= 4 is 17.5 Å². The summed E-state index contributed by atoms with van der Waals surface area (Å²) in [5.74, 6) is -0.108. The molecule has 2 aromatic rings. The number of halogens is 1. The molecule has 3 N–H and O–H groups in total. The van der Waals surface area contributed by atoms with Crippen molar-refractivity contribution in [3.63, 3.8) is 0 Å². The third kappa shape index (κ3) is 3.34. The monoisotopic (exact) mass is 319 g/mol. The van der Waals surface area contributed by atoms with Crippen LogP contribution in [0.3, 0.4) is 0 Å². The number of aryl methyl sites for hydroxylation is 1. The minimum Gasteiger partial charge on any atom is -0.346 e. The van der Waals surface area contributed by atoms with Crippen molar-refractivity contribution in [2.24, 2.45) is 5.73 Å². The first-order valence-corrected chi connectivity index (χ1v) is 7.60. The van der Waals surface area contributed by atoms with Gasteiger partial charge in [-0.05, 0) is 58.0 Å². The van der Waals surface area contributed by atoms with E-state index < -0.39 is 5.54 Å². The van der Waals surface area contributed by atoms with Crippen molar-refractivity contribution in [3.8, 4) is 5.69 Å². The molecule has 0 saturated heterocycles. The van der Waals surface area contributed by atoms with E-state index in [1.54, 1.807) is 0 Å². The van der Waals surface area contributed by atoms with Crippen LogP contribution in [-0.2, 0) is 0 Å². The molecule has 0 spiro atoms. The van der Waals surface area contributed by atoms with E-state index in [1.807, 2.05) is 62.6 Å². The molecule has 0 aliphatic carbocycles. The molecular weight excluding hydrogens is 298 g/mol. The Labute approximate surface area is 136 Å². The molecule has 0 radical (unpaired) electrons. The Balaban J connectivity index is 2.39. The van der Waals surface area contributed by atoms with Gasteiger partial charge in [0.25, 0.3) is 5.91 Å². The largest absolute Gasteiger partial charge is 0.346 e. The Hall–Kier alpha value is -1.78. The summed E-state index contributed by atoms with van der Waals surface area (Å²) in [4.78, 5) is 12.5. The van der Waals surface area contributed by atoms with Crippen LogP contribution in [0.25, 0.3) is 5.69 Å². The number of nitrogens with two attached hydrogens (primary N) is 1. The fraction of sp³-hybridized carbons (Fsp3) is 0.353. The third-order valence-corrected chi connectivity index (χ3v) is 3.97. The maximum atomic E-state index is 12.5. The van der Waals surface area contributed by atoms with Gasteiger partial charge in [0, 0.05) is 34.2 Å². The normalized spacial score (nSPS) is 11.5. The maximum Gasteiger partial charge on any atom is 0.253 e. The van der Waals surface area contributed by atoms with E-state index in [-0.39, 0.29) is 5.91 Å². The fourth-order valence-electron chi connectivity index (χ4n) is 2.41. The van der Waals surface area contributed by atoms with Gasteiger partial charge >= 0.3 is 0 Å². The predicted octanol–water partition coefficient (Wildman–Crippen LogP) is 3.21. The maximum absolute atomic E-state index is 12.5. The highest BCUT2D eigenvalue weighted by atomic mass is 35.5. The second kappa shape index (κ2) is 6.15. The van der Waals surface area contributed by atoms with Crippen molar-refractivity contribution in [2.75, 3.05) is 6.54 Å². The zero-order valence-electron chi connectivity index (χ0n) is 13.4. The van der Waals surface area contributed by atoms with Gasteiger partial charge in [0.1, 0.15) is 0 Å². The molecule has 1 heterocycles. The van der Waals surface area contributed by atoms with Gasteiger partial charge in [-0.2, -0.15) is 0 Å². The molecule has 0 aliphatic heterocycles. The molecule has 0 atom stereocenters. The Morgan fingerprint density at radius 1 is 1.27 bits per heavy atom. The Kier molecular flexibility index (Phi) is 4.63. The first kappa shape index (κ1) is 16.6. The van der Waals surface area contributed by atoms with E-state index in [4.69, 9.17) is 17.3 Å². The number of benzene rings is 1. The number of carbonyl (C=O) groups excluding carboxylic acids is 1. The molecule has 5 heteroatoms. The molecule has 1 amide bonds. The molecule has 118 valence electrons. The van der Waals surface area contributed by atoms with E-state index in [9.17, 15) is 4.79 Å². The highest BCUT2D eigenvalue weighted by Gasteiger charge is 2.22. The zero-order valence-corrected chi connectivity index (χ0v) is 14.2. The van der Waals surface area contributed by atoms with Crippen LogP contribution in [0.2, 0.25) is 5.02 Å². The molecule has 1 aromatic carbocycles. The van der Waals surface area contributed by atoms with Gasteiger partial charge in [0.05, 0.1) is 5.56 Å². The molecular formula is C17H22ClN3O. The molecule has 2 rings (SSSR count). The number of nitrogens with one attached hydrogen (secondary N) is 1. The smallest absolute Gasteiger partial charge is 0.253 e. The van der Waals surface area contributed by atoms with Gasteiger partial charge in [-0.3, -0.25) is 4.79 Å². The number of hydrogen-bond acceptors (Lipinski definition) is 2. The quantitative estimate of drug-likeness (QED) is 0.909. The van der Waals surface area contributed by atoms with Gasteiger partial charge in [0.2, 0.25) is 0 Å². The van der Waals surface area contributed by atoms with E-state index in [0.717, 1.165) is 17.1 Å². The van der Waals surface area contributed by atoms with Crippen LogP contribution < -0.4 is 11.1 Å². The molecule has 22 heavy (non-hydrogen) atoms. The van der Waals surface area contributed by atoms with Crippen LogP contribution in [-0.4, -0.2) is 22.6 Å². The Bertz CT molecular complexity index is 687. The number of carbonyl (C=O) groups is 1. The topological polar surface area (TPSA) is 60.1 Å². The Morgan fingerprint density at radius 2 is 1.86 bits per heavy atom. The van der Waals surface area contributed by atoms with Crippen LogP contribution in [0.5, 0.6) is 0 Å². The number of nitrogens with zero attached hydrogens (tertiary/aromatic N) is 1. The van der Waals surface area contributed by atoms with E-state index in [2.05, 4.69) is 5.32 Å². The first-order chi connectivity index (χ1) is 10.2. The van der Waals surface area contributed by atoms with Gasteiger partial charge in [0.15, 0.2) is 0 Å². The van der Waals surface area contributed by atoms with Crippen molar-refractivity contribution in [3.05, 3.63) is 52.3 Å². The van der Waals surface area contributed by atoms with Crippen molar-refractivity contribution in [2.45, 2.75) is 33.2 Å². The molecule has 1 aromatic heterocycles. The van der Waals surface area contributed by atoms with Crippen LogP contribution >= 0.6 is 11.6 Å².